The molecule has 0 atom stereocenters. The van der Waals surface area contributed by atoms with E-state index in [1.807, 2.05) is 30.3 Å². The number of hydroxylamine groups is 2. The van der Waals surface area contributed by atoms with Gasteiger partial charge in [-0.3, -0.25) is 4.84 Å². The van der Waals surface area contributed by atoms with Crippen LogP contribution in [-0.4, -0.2) is 24.7 Å². The largest absolute Gasteiger partial charge is 0.341 e. The predicted octanol–water partition coefficient (Wildman–Crippen LogP) is 4.90. The van der Waals surface area contributed by atoms with E-state index in [-0.39, 0.29) is 6.03 Å². The molecule has 4 nitrogen and oxygen atoms in total. The lowest BCUT2D eigenvalue weighted by Crippen LogP contribution is -2.38. The van der Waals surface area contributed by atoms with Crippen molar-refractivity contribution in [1.82, 2.24) is 10.4 Å². The zero-order valence-corrected chi connectivity index (χ0v) is 14.7. The first-order valence-electron chi connectivity index (χ1n) is 8.94. The van der Waals surface area contributed by atoms with Crippen molar-refractivity contribution in [2.75, 3.05) is 13.6 Å². The van der Waals surface area contributed by atoms with Crippen molar-refractivity contribution >= 4 is 6.03 Å². The fourth-order valence-electron chi connectivity index (χ4n) is 2.47. The molecule has 23 heavy (non-hydrogen) atoms. The van der Waals surface area contributed by atoms with E-state index in [4.69, 9.17) is 4.84 Å². The van der Waals surface area contributed by atoms with Crippen LogP contribution in [0.15, 0.2) is 30.3 Å². The Morgan fingerprint density at radius 3 is 2.22 bits per heavy atom. The van der Waals surface area contributed by atoms with Gasteiger partial charge >= 0.3 is 6.03 Å². The van der Waals surface area contributed by atoms with Crippen LogP contribution in [0.1, 0.15) is 63.9 Å². The summed E-state index contributed by atoms with van der Waals surface area (Å²) in [6.07, 6.45) is 9.98. The highest BCUT2D eigenvalue weighted by Crippen LogP contribution is 2.10. The smallest absolute Gasteiger partial charge is 0.339 e. The number of unbranched alkanes of at least 4 members (excludes halogenated alkanes) is 7. The van der Waals surface area contributed by atoms with Crippen LogP contribution in [0.25, 0.3) is 0 Å². The highest BCUT2D eigenvalue weighted by Gasteiger charge is 2.12. The predicted molar refractivity (Wildman–Crippen MR) is 95.0 cm³/mol. The van der Waals surface area contributed by atoms with Crippen molar-refractivity contribution in [3.05, 3.63) is 35.9 Å². The molecule has 0 spiro atoms. The van der Waals surface area contributed by atoms with Crippen molar-refractivity contribution in [3.63, 3.8) is 0 Å². The standard InChI is InChI=1S/C19H32N2O2/c1-3-4-5-6-7-8-9-13-16-21(19(22)20-2)23-17-18-14-11-10-12-15-18/h10-12,14-15H,3-9,13,16-17H2,1-2H3,(H,20,22). The highest BCUT2D eigenvalue weighted by atomic mass is 16.7. The lowest BCUT2D eigenvalue weighted by molar-refractivity contribution is -0.128. The van der Waals surface area contributed by atoms with Gasteiger partial charge in [0.2, 0.25) is 0 Å². The van der Waals surface area contributed by atoms with Crippen LogP contribution in [0.4, 0.5) is 4.79 Å². The van der Waals surface area contributed by atoms with Crippen LogP contribution >= 0.6 is 0 Å². The summed E-state index contributed by atoms with van der Waals surface area (Å²) in [4.78, 5) is 17.5. The number of urea groups is 1. The van der Waals surface area contributed by atoms with Gasteiger partial charge in [0.15, 0.2) is 0 Å². The third-order valence-corrected chi connectivity index (χ3v) is 3.89. The first-order chi connectivity index (χ1) is 11.3. The number of nitrogens with one attached hydrogen (secondary N) is 1. The molecule has 1 N–H and O–H groups in total. The average Bonchev–Trinajstić information content (AvgIpc) is 2.60. The monoisotopic (exact) mass is 320 g/mol. The van der Waals surface area contributed by atoms with Gasteiger partial charge in [-0.25, -0.2) is 9.86 Å². The molecule has 0 saturated heterocycles. The molecular weight excluding hydrogens is 288 g/mol. The SMILES string of the molecule is CCCCCCCCCCN(OCc1ccccc1)C(=O)NC. The Morgan fingerprint density at radius 1 is 1.00 bits per heavy atom. The van der Waals surface area contributed by atoms with Crippen LogP contribution in [0.3, 0.4) is 0 Å². The molecule has 0 saturated carbocycles. The van der Waals surface area contributed by atoms with Crippen molar-refractivity contribution < 1.29 is 9.63 Å². The summed E-state index contributed by atoms with van der Waals surface area (Å²) < 4.78 is 0. The topological polar surface area (TPSA) is 41.6 Å². The Labute approximate surface area is 141 Å². The third-order valence-electron chi connectivity index (χ3n) is 3.89. The van der Waals surface area contributed by atoms with Crippen molar-refractivity contribution in [1.29, 1.82) is 0 Å². The minimum atomic E-state index is -0.177. The fraction of sp³-hybridized carbons (Fsp3) is 0.632. The molecule has 0 radical (unpaired) electrons. The number of amides is 2. The molecule has 130 valence electrons. The molecule has 1 aromatic rings. The molecule has 0 aliphatic rings. The van der Waals surface area contributed by atoms with E-state index >= 15 is 0 Å². The second kappa shape index (κ2) is 12.9. The number of carbonyl (C=O) groups is 1. The van der Waals surface area contributed by atoms with Crippen LogP contribution in [0, 0.1) is 0 Å². The molecule has 2 amide bonds. The van der Waals surface area contributed by atoms with E-state index in [1.165, 1.54) is 43.6 Å². The first kappa shape index (κ1) is 19.5. The molecule has 0 aromatic heterocycles. The van der Waals surface area contributed by atoms with Gasteiger partial charge in [0.05, 0.1) is 6.54 Å². The van der Waals surface area contributed by atoms with Crippen LogP contribution in [0.5, 0.6) is 0 Å². The van der Waals surface area contributed by atoms with Gasteiger partial charge in [0.1, 0.15) is 6.61 Å². The molecule has 0 bridgehead atoms. The minimum absolute atomic E-state index is 0.177. The number of hydrogen-bond donors (Lipinski definition) is 1. The van der Waals surface area contributed by atoms with Gasteiger partial charge in [-0.15, -0.1) is 0 Å². The summed E-state index contributed by atoms with van der Waals surface area (Å²) in [6, 6.07) is 9.74. The Balaban J connectivity index is 2.20. The number of benzene rings is 1. The zero-order chi connectivity index (χ0) is 16.8. The van der Waals surface area contributed by atoms with Crippen molar-refractivity contribution in [3.8, 4) is 0 Å². The van der Waals surface area contributed by atoms with E-state index in [2.05, 4.69) is 12.2 Å². The lowest BCUT2D eigenvalue weighted by Gasteiger charge is -2.21. The second-order valence-electron chi connectivity index (χ2n) is 5.89. The summed E-state index contributed by atoms with van der Waals surface area (Å²) >= 11 is 0. The van der Waals surface area contributed by atoms with Crippen LogP contribution in [0.2, 0.25) is 0 Å². The van der Waals surface area contributed by atoms with E-state index in [0.29, 0.717) is 13.2 Å². The molecule has 0 unspecified atom stereocenters. The average molecular weight is 320 g/mol. The van der Waals surface area contributed by atoms with E-state index in [9.17, 15) is 4.79 Å². The maximum absolute atomic E-state index is 11.9. The minimum Gasteiger partial charge on any atom is -0.339 e. The maximum atomic E-state index is 11.9. The quantitative estimate of drug-likeness (QED) is 0.439. The molecule has 0 fully saturated rings. The normalized spacial score (nSPS) is 10.5. The van der Waals surface area contributed by atoms with Gasteiger partial charge in [0, 0.05) is 7.05 Å². The molecule has 4 heteroatoms. The molecule has 0 aliphatic carbocycles. The fourth-order valence-corrected chi connectivity index (χ4v) is 2.47. The van der Waals surface area contributed by atoms with E-state index in [0.717, 1.165) is 18.4 Å². The number of rotatable bonds is 12. The third kappa shape index (κ3) is 9.24. The van der Waals surface area contributed by atoms with Crippen LogP contribution in [-0.2, 0) is 11.4 Å². The summed E-state index contributed by atoms with van der Waals surface area (Å²) in [5.41, 5.74) is 1.07. The lowest BCUT2D eigenvalue weighted by atomic mass is 10.1. The van der Waals surface area contributed by atoms with Gasteiger partial charge < -0.3 is 5.32 Å². The number of nitrogens with zero attached hydrogens (tertiary/aromatic N) is 1. The maximum Gasteiger partial charge on any atom is 0.341 e. The number of hydrogen-bond acceptors (Lipinski definition) is 2. The summed E-state index contributed by atoms with van der Waals surface area (Å²) in [5, 5.41) is 4.09. The summed E-state index contributed by atoms with van der Waals surface area (Å²) in [6.45, 7) is 3.30. The Kier molecular flexibility index (Phi) is 11.0. The molecule has 0 heterocycles. The Bertz CT molecular complexity index is 409. The summed E-state index contributed by atoms with van der Waals surface area (Å²) in [5.74, 6) is 0. The second-order valence-corrected chi connectivity index (χ2v) is 5.89. The van der Waals surface area contributed by atoms with Crippen LogP contribution < -0.4 is 5.32 Å². The van der Waals surface area contributed by atoms with E-state index in [1.54, 1.807) is 7.05 Å². The molecule has 1 rings (SSSR count). The Morgan fingerprint density at radius 2 is 1.61 bits per heavy atom. The van der Waals surface area contributed by atoms with Gasteiger partial charge in [-0.1, -0.05) is 82.2 Å². The van der Waals surface area contributed by atoms with Crippen molar-refractivity contribution in [2.24, 2.45) is 0 Å². The van der Waals surface area contributed by atoms with E-state index < -0.39 is 0 Å². The molecule has 0 aliphatic heterocycles. The van der Waals surface area contributed by atoms with Gasteiger partial charge in [0.25, 0.3) is 0 Å². The van der Waals surface area contributed by atoms with Gasteiger partial charge in [-0.05, 0) is 12.0 Å². The number of carbonyl (C=O) groups excluding carboxylic acids is 1. The Hall–Kier alpha value is -1.55. The molecule has 1 aromatic carbocycles. The summed E-state index contributed by atoms with van der Waals surface area (Å²) in [7, 11) is 1.63. The van der Waals surface area contributed by atoms with Gasteiger partial charge in [-0.2, -0.15) is 0 Å². The zero-order valence-electron chi connectivity index (χ0n) is 14.7. The van der Waals surface area contributed by atoms with Crippen molar-refractivity contribution in [2.45, 2.75) is 64.9 Å². The first-order valence-corrected chi connectivity index (χ1v) is 8.94. The molecular formula is C19H32N2O2. The highest BCUT2D eigenvalue weighted by molar-refractivity contribution is 5.72.